The zero-order chi connectivity index (χ0) is 13.1. The standard InChI is InChI=1S/C13H13Br2NO2/c14-7-2-1-3-8-16-10-6-4-5-9(15)11(10)12(17)13(16)18/h4-6H,1-3,7-8H2. The van der Waals surface area contributed by atoms with Crippen molar-refractivity contribution < 1.29 is 9.59 Å². The van der Waals surface area contributed by atoms with Crippen molar-refractivity contribution in [3.63, 3.8) is 0 Å². The Kier molecular flexibility index (Phi) is 4.56. The Balaban J connectivity index is 2.16. The highest BCUT2D eigenvalue weighted by Gasteiger charge is 2.36. The van der Waals surface area contributed by atoms with E-state index in [0.717, 1.165) is 30.3 Å². The summed E-state index contributed by atoms with van der Waals surface area (Å²) in [5, 5.41) is 0.974. The van der Waals surface area contributed by atoms with Gasteiger partial charge in [0.1, 0.15) is 0 Å². The van der Waals surface area contributed by atoms with E-state index in [1.54, 1.807) is 11.0 Å². The molecule has 1 aliphatic heterocycles. The van der Waals surface area contributed by atoms with E-state index in [4.69, 9.17) is 0 Å². The van der Waals surface area contributed by atoms with Crippen LogP contribution < -0.4 is 4.90 Å². The summed E-state index contributed by atoms with van der Waals surface area (Å²) in [6.07, 6.45) is 3.05. The zero-order valence-electron chi connectivity index (χ0n) is 9.79. The first kappa shape index (κ1) is 13.7. The molecule has 0 fully saturated rings. The van der Waals surface area contributed by atoms with Gasteiger partial charge in [-0.15, -0.1) is 0 Å². The number of alkyl halides is 1. The van der Waals surface area contributed by atoms with Gasteiger partial charge in [0.2, 0.25) is 0 Å². The molecule has 0 bridgehead atoms. The van der Waals surface area contributed by atoms with Crippen LogP contribution in [0, 0.1) is 0 Å². The molecular formula is C13H13Br2NO2. The summed E-state index contributed by atoms with van der Waals surface area (Å²) in [6, 6.07) is 5.46. The van der Waals surface area contributed by atoms with Crippen molar-refractivity contribution in [1.82, 2.24) is 0 Å². The van der Waals surface area contributed by atoms with Gasteiger partial charge in [-0.2, -0.15) is 0 Å². The molecule has 1 aliphatic rings. The second-order valence-electron chi connectivity index (χ2n) is 4.17. The summed E-state index contributed by atoms with van der Waals surface area (Å²) < 4.78 is 0.696. The molecule has 1 amide bonds. The third-order valence-corrected chi connectivity index (χ3v) is 4.19. The van der Waals surface area contributed by atoms with Gasteiger partial charge >= 0.3 is 0 Å². The molecule has 3 nitrogen and oxygen atoms in total. The van der Waals surface area contributed by atoms with Crippen LogP contribution in [0.15, 0.2) is 22.7 Å². The number of anilines is 1. The summed E-state index contributed by atoms with van der Waals surface area (Å²) in [7, 11) is 0. The fraction of sp³-hybridized carbons (Fsp3) is 0.385. The SMILES string of the molecule is O=C1C(=O)N(CCCCCBr)c2cccc(Br)c21. The monoisotopic (exact) mass is 373 g/mol. The quantitative estimate of drug-likeness (QED) is 0.449. The van der Waals surface area contributed by atoms with Crippen LogP contribution in [-0.4, -0.2) is 23.6 Å². The Bertz CT molecular complexity index is 488. The van der Waals surface area contributed by atoms with Gasteiger partial charge in [-0.05, 0) is 40.9 Å². The number of carbonyl (C=O) groups is 2. The number of amides is 1. The van der Waals surface area contributed by atoms with Crippen LogP contribution in [0.2, 0.25) is 0 Å². The first-order valence-corrected chi connectivity index (χ1v) is 7.79. The smallest absolute Gasteiger partial charge is 0.299 e. The first-order chi connectivity index (χ1) is 8.66. The Morgan fingerprint density at radius 3 is 2.61 bits per heavy atom. The van der Waals surface area contributed by atoms with Gasteiger partial charge in [-0.25, -0.2) is 0 Å². The molecule has 1 heterocycles. The summed E-state index contributed by atoms with van der Waals surface area (Å²) in [4.78, 5) is 25.4. The molecular weight excluding hydrogens is 362 g/mol. The number of hydrogen-bond acceptors (Lipinski definition) is 2. The number of ketones is 1. The Hall–Kier alpha value is -0.680. The highest BCUT2D eigenvalue weighted by Crippen LogP contribution is 2.34. The predicted molar refractivity (Wildman–Crippen MR) is 78.5 cm³/mol. The molecule has 0 aliphatic carbocycles. The van der Waals surface area contributed by atoms with Crippen molar-refractivity contribution in [3.05, 3.63) is 28.2 Å². The second-order valence-corrected chi connectivity index (χ2v) is 5.82. The molecule has 2 rings (SSSR count). The van der Waals surface area contributed by atoms with Crippen molar-refractivity contribution in [2.45, 2.75) is 19.3 Å². The molecule has 5 heteroatoms. The van der Waals surface area contributed by atoms with E-state index < -0.39 is 11.7 Å². The van der Waals surface area contributed by atoms with E-state index in [9.17, 15) is 9.59 Å². The molecule has 0 radical (unpaired) electrons. The fourth-order valence-electron chi connectivity index (χ4n) is 2.06. The number of fused-ring (bicyclic) bond motifs is 1. The van der Waals surface area contributed by atoms with Crippen molar-refractivity contribution in [2.75, 3.05) is 16.8 Å². The summed E-state index contributed by atoms with van der Waals surface area (Å²) in [5.41, 5.74) is 1.24. The van der Waals surface area contributed by atoms with E-state index in [-0.39, 0.29) is 0 Å². The van der Waals surface area contributed by atoms with Gasteiger partial charge in [0.15, 0.2) is 0 Å². The average molecular weight is 375 g/mol. The highest BCUT2D eigenvalue weighted by atomic mass is 79.9. The van der Waals surface area contributed by atoms with Crippen molar-refractivity contribution in [1.29, 1.82) is 0 Å². The minimum atomic E-state index is -0.407. The number of unbranched alkanes of at least 4 members (excludes halogenated alkanes) is 2. The number of halogens is 2. The van der Waals surface area contributed by atoms with Gasteiger partial charge in [0.25, 0.3) is 11.7 Å². The molecule has 0 saturated carbocycles. The van der Waals surface area contributed by atoms with Gasteiger partial charge in [-0.1, -0.05) is 28.4 Å². The van der Waals surface area contributed by atoms with Crippen LogP contribution in [0.25, 0.3) is 0 Å². The normalized spacial score (nSPS) is 14.2. The van der Waals surface area contributed by atoms with E-state index in [2.05, 4.69) is 31.9 Å². The van der Waals surface area contributed by atoms with E-state index in [0.29, 0.717) is 16.6 Å². The lowest BCUT2D eigenvalue weighted by molar-refractivity contribution is -0.114. The second kappa shape index (κ2) is 5.97. The molecule has 18 heavy (non-hydrogen) atoms. The van der Waals surface area contributed by atoms with Gasteiger partial charge in [-0.3, -0.25) is 9.59 Å². The molecule has 1 aromatic rings. The van der Waals surface area contributed by atoms with Gasteiger partial charge in [0, 0.05) is 16.3 Å². The van der Waals surface area contributed by atoms with Crippen LogP contribution in [0.3, 0.4) is 0 Å². The van der Waals surface area contributed by atoms with E-state index in [1.807, 2.05) is 12.1 Å². The zero-order valence-corrected chi connectivity index (χ0v) is 13.0. The number of carbonyl (C=O) groups excluding carboxylic acids is 2. The third-order valence-electron chi connectivity index (χ3n) is 2.96. The Morgan fingerprint density at radius 1 is 1.11 bits per heavy atom. The number of benzene rings is 1. The summed E-state index contributed by atoms with van der Waals surface area (Å²) >= 11 is 6.71. The van der Waals surface area contributed by atoms with Crippen molar-refractivity contribution in [3.8, 4) is 0 Å². The highest BCUT2D eigenvalue weighted by molar-refractivity contribution is 9.10. The summed E-state index contributed by atoms with van der Waals surface area (Å²) in [6.45, 7) is 0.612. The van der Waals surface area contributed by atoms with Crippen LogP contribution in [-0.2, 0) is 4.79 Å². The Morgan fingerprint density at radius 2 is 1.89 bits per heavy atom. The van der Waals surface area contributed by atoms with E-state index >= 15 is 0 Å². The number of nitrogens with zero attached hydrogens (tertiary/aromatic N) is 1. The predicted octanol–water partition coefficient (Wildman–Crippen LogP) is 3.54. The number of hydrogen-bond donors (Lipinski definition) is 0. The fourth-order valence-corrected chi connectivity index (χ4v) is 3.00. The van der Waals surface area contributed by atoms with Gasteiger partial charge < -0.3 is 4.90 Å². The average Bonchev–Trinajstić information content (AvgIpc) is 2.60. The molecule has 96 valence electrons. The van der Waals surface area contributed by atoms with E-state index in [1.165, 1.54) is 0 Å². The minimum Gasteiger partial charge on any atom is -0.305 e. The maximum atomic E-state index is 11.9. The molecule has 0 atom stereocenters. The largest absolute Gasteiger partial charge is 0.305 e. The lowest BCUT2D eigenvalue weighted by atomic mass is 10.1. The van der Waals surface area contributed by atoms with Crippen LogP contribution in [0.5, 0.6) is 0 Å². The topological polar surface area (TPSA) is 37.4 Å². The summed E-state index contributed by atoms with van der Waals surface area (Å²) in [5.74, 6) is -0.811. The maximum absolute atomic E-state index is 11.9. The van der Waals surface area contributed by atoms with Gasteiger partial charge in [0.05, 0.1) is 11.3 Å². The lowest BCUT2D eigenvalue weighted by Gasteiger charge is -2.16. The molecule has 0 saturated heterocycles. The van der Waals surface area contributed by atoms with Crippen molar-refractivity contribution >= 4 is 49.2 Å². The maximum Gasteiger partial charge on any atom is 0.299 e. The first-order valence-electron chi connectivity index (χ1n) is 5.87. The molecule has 0 unspecified atom stereocenters. The van der Waals surface area contributed by atoms with Crippen LogP contribution in [0.1, 0.15) is 29.6 Å². The van der Waals surface area contributed by atoms with Crippen molar-refractivity contribution in [2.24, 2.45) is 0 Å². The Labute approximate surface area is 123 Å². The lowest BCUT2D eigenvalue weighted by Crippen LogP contribution is -2.30. The molecule has 0 N–H and O–H groups in total. The number of Topliss-reactive ketones (excluding diaryl/α,β-unsaturated/α-hetero) is 1. The number of rotatable bonds is 5. The molecule has 1 aromatic carbocycles. The van der Waals surface area contributed by atoms with Crippen LogP contribution in [0.4, 0.5) is 5.69 Å². The minimum absolute atomic E-state index is 0.405. The van der Waals surface area contributed by atoms with Crippen LogP contribution >= 0.6 is 31.9 Å². The molecule has 0 aromatic heterocycles. The molecule has 0 spiro atoms. The third kappa shape index (κ3) is 2.52.